The minimum Gasteiger partial charge on any atom is -0.397 e. The third-order valence-corrected chi connectivity index (χ3v) is 6.60. The van der Waals surface area contributed by atoms with Crippen molar-refractivity contribution in [3.63, 3.8) is 0 Å². The lowest BCUT2D eigenvalue weighted by Gasteiger charge is -2.10. The van der Waals surface area contributed by atoms with Gasteiger partial charge in [-0.15, -0.1) is 11.3 Å². The van der Waals surface area contributed by atoms with Crippen LogP contribution in [0, 0.1) is 11.3 Å². The SMILES string of the molecule is N#Cc1c(N)nc2sc(C(=O)Nc3cccc4ncccc34)c(N)c2c1-c1ccc(Cl)cc1. The second-order valence-corrected chi connectivity index (χ2v) is 8.66. The van der Waals surface area contributed by atoms with Crippen LogP contribution in [0.3, 0.4) is 0 Å². The molecule has 5 aromatic rings. The summed E-state index contributed by atoms with van der Waals surface area (Å²) in [6.07, 6.45) is 1.69. The van der Waals surface area contributed by atoms with Gasteiger partial charge in [0.2, 0.25) is 0 Å². The van der Waals surface area contributed by atoms with Crippen molar-refractivity contribution in [1.29, 1.82) is 5.26 Å². The van der Waals surface area contributed by atoms with Gasteiger partial charge in [-0.3, -0.25) is 9.78 Å². The average Bonchev–Trinajstić information content (AvgIpc) is 3.15. The maximum absolute atomic E-state index is 13.2. The second-order valence-electron chi connectivity index (χ2n) is 7.22. The Labute approximate surface area is 197 Å². The molecule has 0 fully saturated rings. The number of fused-ring (bicyclic) bond motifs is 2. The first-order chi connectivity index (χ1) is 16.0. The molecule has 3 aromatic heterocycles. The molecule has 3 heterocycles. The van der Waals surface area contributed by atoms with Crippen LogP contribution in [-0.4, -0.2) is 15.9 Å². The van der Waals surface area contributed by atoms with Crippen LogP contribution in [0.1, 0.15) is 15.2 Å². The number of nitriles is 1. The molecule has 1 amide bonds. The number of nitrogens with two attached hydrogens (primary N) is 2. The van der Waals surface area contributed by atoms with E-state index in [1.807, 2.05) is 18.2 Å². The van der Waals surface area contributed by atoms with Crippen molar-refractivity contribution in [2.24, 2.45) is 0 Å². The highest BCUT2D eigenvalue weighted by Crippen LogP contribution is 2.43. The Morgan fingerprint density at radius 1 is 1.09 bits per heavy atom. The Morgan fingerprint density at radius 2 is 1.88 bits per heavy atom. The van der Waals surface area contributed by atoms with Crippen LogP contribution in [0.4, 0.5) is 17.2 Å². The third-order valence-electron chi connectivity index (χ3n) is 5.25. The van der Waals surface area contributed by atoms with E-state index >= 15 is 0 Å². The molecule has 0 bridgehead atoms. The largest absolute Gasteiger partial charge is 0.397 e. The molecule has 0 radical (unpaired) electrons. The summed E-state index contributed by atoms with van der Waals surface area (Å²) >= 11 is 7.16. The number of anilines is 3. The molecule has 160 valence electrons. The molecule has 0 unspecified atom stereocenters. The molecule has 0 aliphatic heterocycles. The van der Waals surface area contributed by atoms with Crippen LogP contribution in [0.2, 0.25) is 5.02 Å². The van der Waals surface area contributed by atoms with Gasteiger partial charge >= 0.3 is 0 Å². The number of pyridine rings is 2. The Bertz CT molecular complexity index is 1600. The number of nitrogens with zero attached hydrogens (tertiary/aromatic N) is 3. The van der Waals surface area contributed by atoms with Gasteiger partial charge < -0.3 is 16.8 Å². The van der Waals surface area contributed by atoms with E-state index in [9.17, 15) is 10.1 Å². The number of hydrogen-bond acceptors (Lipinski definition) is 7. The maximum atomic E-state index is 13.2. The van der Waals surface area contributed by atoms with E-state index in [2.05, 4.69) is 21.4 Å². The van der Waals surface area contributed by atoms with Crippen molar-refractivity contribution < 1.29 is 4.79 Å². The molecule has 7 nitrogen and oxygen atoms in total. The molecule has 9 heteroatoms. The van der Waals surface area contributed by atoms with Crippen LogP contribution < -0.4 is 16.8 Å². The van der Waals surface area contributed by atoms with Crippen molar-refractivity contribution in [2.45, 2.75) is 0 Å². The molecular formula is C24H15ClN6OS. The average molecular weight is 471 g/mol. The molecule has 0 saturated heterocycles. The van der Waals surface area contributed by atoms with Crippen molar-refractivity contribution in [1.82, 2.24) is 9.97 Å². The van der Waals surface area contributed by atoms with E-state index in [0.717, 1.165) is 22.2 Å². The summed E-state index contributed by atoms with van der Waals surface area (Å²) in [6, 6.07) is 18.3. The van der Waals surface area contributed by atoms with Gasteiger partial charge in [0.25, 0.3) is 5.91 Å². The number of amides is 1. The molecule has 33 heavy (non-hydrogen) atoms. The van der Waals surface area contributed by atoms with E-state index in [1.54, 1.807) is 42.6 Å². The van der Waals surface area contributed by atoms with E-state index in [-0.39, 0.29) is 27.9 Å². The molecule has 5 N–H and O–H groups in total. The van der Waals surface area contributed by atoms with Gasteiger partial charge in [0.05, 0.1) is 16.9 Å². The predicted octanol–water partition coefficient (Wildman–Crippen LogP) is 5.45. The lowest BCUT2D eigenvalue weighted by atomic mass is 9.97. The van der Waals surface area contributed by atoms with Crippen LogP contribution in [0.15, 0.2) is 60.8 Å². The summed E-state index contributed by atoms with van der Waals surface area (Å²) in [5, 5.41) is 14.6. The summed E-state index contributed by atoms with van der Waals surface area (Å²) in [7, 11) is 0. The molecule has 5 rings (SSSR count). The van der Waals surface area contributed by atoms with Gasteiger partial charge in [-0.25, -0.2) is 4.98 Å². The second kappa shape index (κ2) is 8.06. The van der Waals surface area contributed by atoms with Gasteiger partial charge in [-0.1, -0.05) is 29.8 Å². The van der Waals surface area contributed by atoms with E-state index in [4.69, 9.17) is 23.1 Å². The summed E-state index contributed by atoms with van der Waals surface area (Å²) in [6.45, 7) is 0. The van der Waals surface area contributed by atoms with Crippen molar-refractivity contribution in [3.05, 3.63) is 76.3 Å². The Hall–Kier alpha value is -4.19. The number of thiophene rings is 1. The highest BCUT2D eigenvalue weighted by Gasteiger charge is 2.24. The molecule has 0 aliphatic carbocycles. The molecule has 0 atom stereocenters. The summed E-state index contributed by atoms with van der Waals surface area (Å²) in [5.41, 5.74) is 15.6. The maximum Gasteiger partial charge on any atom is 0.267 e. The van der Waals surface area contributed by atoms with Gasteiger partial charge in [-0.2, -0.15) is 5.26 Å². The van der Waals surface area contributed by atoms with Crippen LogP contribution >= 0.6 is 22.9 Å². The normalized spacial score (nSPS) is 10.9. The van der Waals surface area contributed by atoms with Crippen molar-refractivity contribution >= 4 is 67.2 Å². The predicted molar refractivity (Wildman–Crippen MR) is 133 cm³/mol. The highest BCUT2D eigenvalue weighted by molar-refractivity contribution is 7.21. The Kier molecular flexibility index (Phi) is 5.05. The van der Waals surface area contributed by atoms with Crippen molar-refractivity contribution in [3.8, 4) is 17.2 Å². The summed E-state index contributed by atoms with van der Waals surface area (Å²) < 4.78 is 0. The minimum atomic E-state index is -0.383. The lowest BCUT2D eigenvalue weighted by molar-refractivity contribution is 0.103. The van der Waals surface area contributed by atoms with Gasteiger partial charge in [0.15, 0.2) is 0 Å². The van der Waals surface area contributed by atoms with Gasteiger partial charge in [-0.05, 0) is 42.0 Å². The number of aromatic nitrogens is 2. The minimum absolute atomic E-state index is 0.0725. The summed E-state index contributed by atoms with van der Waals surface area (Å²) in [4.78, 5) is 22.7. The zero-order valence-corrected chi connectivity index (χ0v) is 18.5. The highest BCUT2D eigenvalue weighted by atomic mass is 35.5. The number of hydrogen-bond donors (Lipinski definition) is 3. The lowest BCUT2D eigenvalue weighted by Crippen LogP contribution is -2.12. The number of carbonyl (C=O) groups excluding carboxylic acids is 1. The number of rotatable bonds is 3. The number of carbonyl (C=O) groups is 1. The summed E-state index contributed by atoms with van der Waals surface area (Å²) in [5.74, 6) is -0.311. The first-order valence-electron chi connectivity index (χ1n) is 9.80. The first kappa shape index (κ1) is 20.7. The molecule has 0 spiro atoms. The topological polar surface area (TPSA) is 131 Å². The van der Waals surface area contributed by atoms with E-state index < -0.39 is 0 Å². The van der Waals surface area contributed by atoms with E-state index in [1.165, 1.54) is 0 Å². The molecule has 0 saturated carbocycles. The standard InChI is InChI=1S/C24H15ClN6OS/c25-13-8-6-12(7-9-13)18-15(11-26)22(28)31-24-19(18)20(27)21(33-24)23(32)30-17-5-1-4-16-14(17)3-2-10-29-16/h1-10H,27H2,(H2,28,31)(H,30,32). The fourth-order valence-electron chi connectivity index (χ4n) is 3.75. The third kappa shape index (κ3) is 3.49. The van der Waals surface area contributed by atoms with Gasteiger partial charge in [0.1, 0.15) is 27.2 Å². The smallest absolute Gasteiger partial charge is 0.267 e. The van der Waals surface area contributed by atoms with Crippen molar-refractivity contribution in [2.75, 3.05) is 16.8 Å². The Morgan fingerprint density at radius 3 is 2.64 bits per heavy atom. The first-order valence-corrected chi connectivity index (χ1v) is 11.0. The van der Waals surface area contributed by atoms with Crippen LogP contribution in [0.25, 0.3) is 32.2 Å². The van der Waals surface area contributed by atoms with Gasteiger partial charge in [0, 0.05) is 27.6 Å². The van der Waals surface area contributed by atoms with Crippen LogP contribution in [-0.2, 0) is 0 Å². The number of nitrogens with one attached hydrogen (secondary N) is 1. The fourth-order valence-corrected chi connectivity index (χ4v) is 4.88. The zero-order valence-electron chi connectivity index (χ0n) is 17.0. The number of nitrogen functional groups attached to an aromatic ring is 2. The molecule has 2 aromatic carbocycles. The quantitative estimate of drug-likeness (QED) is 0.321. The molecule has 0 aliphatic rings. The number of halogens is 1. The number of benzene rings is 2. The monoisotopic (exact) mass is 470 g/mol. The zero-order chi connectivity index (χ0) is 23.1. The van der Waals surface area contributed by atoms with E-state index in [0.29, 0.717) is 32.1 Å². The fraction of sp³-hybridized carbons (Fsp3) is 0. The van der Waals surface area contributed by atoms with Crippen LogP contribution in [0.5, 0.6) is 0 Å². The Balaban J connectivity index is 1.67. The molecular weight excluding hydrogens is 456 g/mol.